The molecule has 1 fully saturated rings. The number of aromatic nitrogens is 1. The minimum absolute atomic E-state index is 0.143. The van der Waals surface area contributed by atoms with Gasteiger partial charge in [-0.05, 0) is 54.8 Å². The smallest absolute Gasteiger partial charge is 0.243 e. The normalized spacial score (nSPS) is 17.5. The standard InChI is InChI=1S/C20H24N4O4S/c1-15(25)23-18-4-6-19(7-5-18)29(27,28)24-12-2-3-17(14-24)20(26)22-13-16-8-10-21-11-9-16/h4-11,17H,2-3,12-14H2,1H3,(H,22,26)(H,23,25). The van der Waals surface area contributed by atoms with Crippen molar-refractivity contribution in [1.29, 1.82) is 0 Å². The summed E-state index contributed by atoms with van der Waals surface area (Å²) in [5.74, 6) is -0.765. The van der Waals surface area contributed by atoms with Gasteiger partial charge in [0.2, 0.25) is 21.8 Å². The molecular formula is C20H24N4O4S. The molecule has 0 saturated carbocycles. The van der Waals surface area contributed by atoms with Crippen molar-refractivity contribution in [3.63, 3.8) is 0 Å². The van der Waals surface area contributed by atoms with E-state index in [0.717, 1.165) is 5.56 Å². The fourth-order valence-electron chi connectivity index (χ4n) is 3.27. The van der Waals surface area contributed by atoms with Gasteiger partial charge in [0.05, 0.1) is 10.8 Å². The van der Waals surface area contributed by atoms with Crippen LogP contribution in [0.2, 0.25) is 0 Å². The highest BCUT2D eigenvalue weighted by atomic mass is 32.2. The lowest BCUT2D eigenvalue weighted by atomic mass is 9.99. The number of rotatable bonds is 6. The number of nitrogens with one attached hydrogen (secondary N) is 2. The molecule has 0 aliphatic carbocycles. The highest BCUT2D eigenvalue weighted by molar-refractivity contribution is 7.89. The third kappa shape index (κ3) is 5.39. The first-order valence-electron chi connectivity index (χ1n) is 9.40. The van der Waals surface area contributed by atoms with Crippen molar-refractivity contribution in [2.45, 2.75) is 31.2 Å². The van der Waals surface area contributed by atoms with E-state index in [-0.39, 0.29) is 29.2 Å². The van der Waals surface area contributed by atoms with E-state index in [1.54, 1.807) is 24.5 Å². The van der Waals surface area contributed by atoms with Crippen LogP contribution in [0.25, 0.3) is 0 Å². The van der Waals surface area contributed by atoms with Crippen LogP contribution in [0.15, 0.2) is 53.7 Å². The lowest BCUT2D eigenvalue weighted by Gasteiger charge is -2.31. The van der Waals surface area contributed by atoms with Crippen molar-refractivity contribution in [2.24, 2.45) is 5.92 Å². The van der Waals surface area contributed by atoms with Gasteiger partial charge in [-0.15, -0.1) is 0 Å². The Balaban J connectivity index is 1.64. The van der Waals surface area contributed by atoms with Crippen LogP contribution < -0.4 is 10.6 Å². The lowest BCUT2D eigenvalue weighted by molar-refractivity contribution is -0.126. The molecule has 29 heavy (non-hydrogen) atoms. The van der Waals surface area contributed by atoms with Crippen LogP contribution in [0, 0.1) is 5.92 Å². The third-order valence-electron chi connectivity index (χ3n) is 4.78. The summed E-state index contributed by atoms with van der Waals surface area (Å²) < 4.78 is 27.3. The molecule has 2 amide bonds. The number of anilines is 1. The number of carbonyl (C=O) groups excluding carboxylic acids is 2. The molecule has 3 rings (SSSR count). The van der Waals surface area contributed by atoms with Crippen LogP contribution >= 0.6 is 0 Å². The van der Waals surface area contributed by atoms with Crippen molar-refractivity contribution in [3.05, 3.63) is 54.4 Å². The van der Waals surface area contributed by atoms with Crippen molar-refractivity contribution in [3.8, 4) is 0 Å². The minimum atomic E-state index is -3.71. The number of carbonyl (C=O) groups is 2. The topological polar surface area (TPSA) is 108 Å². The first-order valence-corrected chi connectivity index (χ1v) is 10.8. The Labute approximate surface area is 170 Å². The molecule has 2 heterocycles. The summed E-state index contributed by atoms with van der Waals surface area (Å²) in [6.45, 7) is 2.30. The molecule has 0 radical (unpaired) electrons. The van der Waals surface area contributed by atoms with Gasteiger partial charge in [-0.3, -0.25) is 14.6 Å². The second-order valence-electron chi connectivity index (χ2n) is 6.98. The molecule has 8 nitrogen and oxygen atoms in total. The fraction of sp³-hybridized carbons (Fsp3) is 0.350. The predicted molar refractivity (Wildman–Crippen MR) is 108 cm³/mol. The average Bonchev–Trinajstić information content (AvgIpc) is 2.73. The van der Waals surface area contributed by atoms with Crippen LogP contribution in [0.1, 0.15) is 25.3 Å². The Bertz CT molecular complexity index is 962. The van der Waals surface area contributed by atoms with E-state index >= 15 is 0 Å². The Morgan fingerprint density at radius 3 is 2.48 bits per heavy atom. The van der Waals surface area contributed by atoms with Crippen molar-refractivity contribution in [2.75, 3.05) is 18.4 Å². The molecule has 1 aromatic carbocycles. The molecule has 9 heteroatoms. The number of benzene rings is 1. The summed E-state index contributed by atoms with van der Waals surface area (Å²) in [5.41, 5.74) is 1.47. The molecule has 1 saturated heterocycles. The molecule has 1 aromatic heterocycles. The molecule has 1 atom stereocenters. The maximum absolute atomic E-state index is 13.0. The van der Waals surface area contributed by atoms with Crippen LogP contribution in [0.3, 0.4) is 0 Å². The second-order valence-corrected chi connectivity index (χ2v) is 8.92. The zero-order chi connectivity index (χ0) is 20.9. The molecule has 0 spiro atoms. The largest absolute Gasteiger partial charge is 0.352 e. The summed E-state index contributed by atoms with van der Waals surface area (Å²) in [5, 5.41) is 5.49. The summed E-state index contributed by atoms with van der Waals surface area (Å²) >= 11 is 0. The highest BCUT2D eigenvalue weighted by Gasteiger charge is 2.33. The highest BCUT2D eigenvalue weighted by Crippen LogP contribution is 2.25. The average molecular weight is 417 g/mol. The van der Waals surface area contributed by atoms with Crippen molar-refractivity contribution < 1.29 is 18.0 Å². The molecule has 2 N–H and O–H groups in total. The third-order valence-corrected chi connectivity index (χ3v) is 6.66. The number of sulfonamides is 1. The molecule has 1 aliphatic rings. The quantitative estimate of drug-likeness (QED) is 0.746. The second kappa shape index (κ2) is 9.15. The number of hydrogen-bond donors (Lipinski definition) is 2. The zero-order valence-electron chi connectivity index (χ0n) is 16.2. The number of piperidine rings is 1. The summed E-state index contributed by atoms with van der Waals surface area (Å²) in [7, 11) is -3.71. The maximum atomic E-state index is 13.0. The Hall–Kier alpha value is -2.78. The van der Waals surface area contributed by atoms with E-state index in [4.69, 9.17) is 0 Å². The van der Waals surface area contributed by atoms with Gasteiger partial charge >= 0.3 is 0 Å². The van der Waals surface area contributed by atoms with Gasteiger partial charge < -0.3 is 10.6 Å². The van der Waals surface area contributed by atoms with E-state index in [2.05, 4.69) is 15.6 Å². The molecule has 1 aliphatic heterocycles. The molecule has 0 bridgehead atoms. The molecule has 2 aromatic rings. The van der Waals surface area contributed by atoms with Crippen molar-refractivity contribution in [1.82, 2.24) is 14.6 Å². The first-order chi connectivity index (χ1) is 13.9. The maximum Gasteiger partial charge on any atom is 0.243 e. The number of amides is 2. The van der Waals surface area contributed by atoms with Gasteiger partial charge in [-0.2, -0.15) is 4.31 Å². The van der Waals surface area contributed by atoms with E-state index < -0.39 is 10.0 Å². The molecule has 1 unspecified atom stereocenters. The molecule has 154 valence electrons. The monoisotopic (exact) mass is 416 g/mol. The summed E-state index contributed by atoms with van der Waals surface area (Å²) in [6.07, 6.45) is 4.59. The number of nitrogens with zero attached hydrogens (tertiary/aromatic N) is 2. The minimum Gasteiger partial charge on any atom is -0.352 e. The van der Waals surface area contributed by atoms with Gasteiger partial charge in [-0.25, -0.2) is 8.42 Å². The first kappa shape index (κ1) is 20.9. The summed E-state index contributed by atoms with van der Waals surface area (Å²) in [4.78, 5) is 27.7. The van der Waals surface area contributed by atoms with Crippen LogP contribution in [-0.4, -0.2) is 42.6 Å². The molecular weight excluding hydrogens is 392 g/mol. The number of pyridine rings is 1. The van der Waals surface area contributed by atoms with Gasteiger partial charge in [0, 0.05) is 44.6 Å². The lowest BCUT2D eigenvalue weighted by Crippen LogP contribution is -2.45. The van der Waals surface area contributed by atoms with E-state index in [1.807, 2.05) is 12.1 Å². The van der Waals surface area contributed by atoms with Gasteiger partial charge in [0.15, 0.2) is 0 Å². The Morgan fingerprint density at radius 2 is 1.83 bits per heavy atom. The van der Waals surface area contributed by atoms with E-state index in [1.165, 1.54) is 23.4 Å². The van der Waals surface area contributed by atoms with Crippen LogP contribution in [0.4, 0.5) is 5.69 Å². The zero-order valence-corrected chi connectivity index (χ0v) is 17.0. The van der Waals surface area contributed by atoms with Gasteiger partial charge in [-0.1, -0.05) is 0 Å². The van der Waals surface area contributed by atoms with Crippen LogP contribution in [-0.2, 0) is 26.2 Å². The van der Waals surface area contributed by atoms with Crippen molar-refractivity contribution >= 4 is 27.5 Å². The SMILES string of the molecule is CC(=O)Nc1ccc(S(=O)(=O)N2CCCC(C(=O)NCc3ccncc3)C2)cc1. The fourth-order valence-corrected chi connectivity index (χ4v) is 4.80. The Kier molecular flexibility index (Phi) is 6.60. The van der Waals surface area contributed by atoms with E-state index in [9.17, 15) is 18.0 Å². The van der Waals surface area contributed by atoms with Crippen LogP contribution in [0.5, 0.6) is 0 Å². The number of hydrogen-bond acceptors (Lipinski definition) is 5. The van der Waals surface area contributed by atoms with Gasteiger partial charge in [0.1, 0.15) is 0 Å². The van der Waals surface area contributed by atoms with E-state index in [0.29, 0.717) is 31.6 Å². The Morgan fingerprint density at radius 1 is 1.14 bits per heavy atom. The predicted octanol–water partition coefficient (Wildman–Crippen LogP) is 1.76. The summed E-state index contributed by atoms with van der Waals surface area (Å²) in [6, 6.07) is 9.68. The van der Waals surface area contributed by atoms with Gasteiger partial charge in [0.25, 0.3) is 0 Å².